The van der Waals surface area contributed by atoms with Crippen LogP contribution < -0.4 is 10.2 Å². The van der Waals surface area contributed by atoms with Crippen molar-refractivity contribution in [3.05, 3.63) is 69.7 Å². The molecule has 0 unspecified atom stereocenters. The fourth-order valence-corrected chi connectivity index (χ4v) is 4.56. The van der Waals surface area contributed by atoms with Gasteiger partial charge in [0.15, 0.2) is 5.72 Å². The molecule has 3 heterocycles. The van der Waals surface area contributed by atoms with E-state index in [0.29, 0.717) is 0 Å². The first-order chi connectivity index (χ1) is 13.0. The van der Waals surface area contributed by atoms with Crippen LogP contribution in [0, 0.1) is 0 Å². The number of hydrazine groups is 1. The molecule has 6 heteroatoms. The summed E-state index contributed by atoms with van der Waals surface area (Å²) in [5, 5.41) is 3.75. The maximum absolute atomic E-state index is 6.60. The molecule has 0 saturated carbocycles. The molecule has 3 aliphatic heterocycles. The first kappa shape index (κ1) is 17.4. The first-order valence-electron chi connectivity index (χ1n) is 9.25. The molecule has 0 aliphatic carbocycles. The van der Waals surface area contributed by atoms with Crippen LogP contribution >= 0.6 is 23.2 Å². The van der Waals surface area contributed by atoms with Crippen LogP contribution in [0.5, 0.6) is 5.75 Å². The Bertz CT molecular complexity index is 904. The van der Waals surface area contributed by atoms with Crippen molar-refractivity contribution in [1.82, 2.24) is 15.3 Å². The third kappa shape index (κ3) is 2.92. The van der Waals surface area contributed by atoms with E-state index in [1.807, 2.05) is 42.5 Å². The average molecular weight is 402 g/mol. The fraction of sp³-hybridized carbons (Fsp3) is 0.333. The maximum Gasteiger partial charge on any atom is 0.182 e. The Hall–Kier alpha value is -1.72. The van der Waals surface area contributed by atoms with Gasteiger partial charge in [-0.3, -0.25) is 0 Å². The number of nitrogens with zero attached hydrogens (tertiary/aromatic N) is 2. The van der Waals surface area contributed by atoms with E-state index in [4.69, 9.17) is 27.9 Å². The quantitative estimate of drug-likeness (QED) is 0.748. The number of ether oxygens (including phenoxy) is 1. The Kier molecular flexibility index (Phi) is 4.13. The van der Waals surface area contributed by atoms with E-state index in [1.165, 1.54) is 0 Å². The summed E-state index contributed by atoms with van der Waals surface area (Å²) in [5.74, 6) is 0.931. The number of likely N-dealkylation sites (tertiary alicyclic amines) is 1. The lowest BCUT2D eigenvalue weighted by Crippen LogP contribution is -2.63. The minimum Gasteiger partial charge on any atom is -0.470 e. The third-order valence-electron chi connectivity index (χ3n) is 5.80. The normalized spacial score (nSPS) is 24.0. The zero-order chi connectivity index (χ0) is 18.6. The first-order valence-corrected chi connectivity index (χ1v) is 10.0. The molecule has 0 bridgehead atoms. The Labute approximate surface area is 169 Å². The topological polar surface area (TPSA) is 27.7 Å². The van der Waals surface area contributed by atoms with Gasteiger partial charge in [-0.25, -0.2) is 0 Å². The Morgan fingerprint density at radius 3 is 2.48 bits per heavy atom. The van der Waals surface area contributed by atoms with E-state index < -0.39 is 0 Å². The molecule has 0 aromatic heterocycles. The number of benzene rings is 2. The molecule has 0 amide bonds. The second kappa shape index (κ2) is 6.42. The van der Waals surface area contributed by atoms with E-state index in [-0.39, 0.29) is 11.8 Å². The predicted octanol–water partition coefficient (Wildman–Crippen LogP) is 4.71. The Morgan fingerprint density at radius 1 is 1.04 bits per heavy atom. The number of fused-ring (bicyclic) bond motifs is 4. The standard InChI is InChI=1S/C21H21Cl2N3O/c1-25-10-8-21(9-11-25)26-19(17-12-16(23)6-7-20(17)27-21)13-18(24-26)14-2-4-15(22)5-3-14/h2-7,12-13,19,24H,8-11H2,1H3/t19-/m1/s1. The van der Waals surface area contributed by atoms with Gasteiger partial charge in [-0.2, -0.15) is 5.01 Å². The molecule has 4 nitrogen and oxygen atoms in total. The number of nitrogens with one attached hydrogen (secondary N) is 1. The van der Waals surface area contributed by atoms with Crippen LogP contribution in [-0.2, 0) is 0 Å². The van der Waals surface area contributed by atoms with Crippen LogP contribution in [0.1, 0.15) is 30.0 Å². The van der Waals surface area contributed by atoms with Crippen LogP contribution in [-0.4, -0.2) is 35.8 Å². The zero-order valence-electron chi connectivity index (χ0n) is 15.1. The second-order valence-corrected chi connectivity index (χ2v) is 8.42. The van der Waals surface area contributed by atoms with Gasteiger partial charge in [-0.15, -0.1) is 0 Å². The van der Waals surface area contributed by atoms with Crippen molar-refractivity contribution in [2.75, 3.05) is 20.1 Å². The molecule has 1 fully saturated rings. The van der Waals surface area contributed by atoms with E-state index >= 15 is 0 Å². The SMILES string of the molecule is CN1CCC2(CC1)Oc1ccc(Cl)cc1[C@H]1C=C(c3ccc(Cl)cc3)NN12. The van der Waals surface area contributed by atoms with Gasteiger partial charge in [-0.1, -0.05) is 35.3 Å². The van der Waals surface area contributed by atoms with Gasteiger partial charge in [0.05, 0.1) is 11.7 Å². The lowest BCUT2D eigenvalue weighted by Gasteiger charge is -2.51. The highest BCUT2D eigenvalue weighted by Gasteiger charge is 2.51. The molecule has 27 heavy (non-hydrogen) atoms. The summed E-state index contributed by atoms with van der Waals surface area (Å²) in [5.41, 5.74) is 6.56. The van der Waals surface area contributed by atoms with Gasteiger partial charge in [0, 0.05) is 41.5 Å². The van der Waals surface area contributed by atoms with Gasteiger partial charge < -0.3 is 15.1 Å². The third-order valence-corrected chi connectivity index (χ3v) is 6.28. The van der Waals surface area contributed by atoms with Crippen molar-refractivity contribution in [3.8, 4) is 5.75 Å². The highest BCUT2D eigenvalue weighted by Crippen LogP contribution is 2.49. The molecule has 1 atom stereocenters. The molecular weight excluding hydrogens is 381 g/mol. The van der Waals surface area contributed by atoms with Crippen molar-refractivity contribution in [2.24, 2.45) is 0 Å². The summed E-state index contributed by atoms with van der Waals surface area (Å²) in [6.07, 6.45) is 4.15. The summed E-state index contributed by atoms with van der Waals surface area (Å²) >= 11 is 12.4. The van der Waals surface area contributed by atoms with E-state index in [9.17, 15) is 0 Å². The number of rotatable bonds is 1. The molecule has 1 saturated heterocycles. The largest absolute Gasteiger partial charge is 0.470 e. The highest BCUT2D eigenvalue weighted by atomic mass is 35.5. The van der Waals surface area contributed by atoms with Gasteiger partial charge in [0.2, 0.25) is 0 Å². The molecule has 5 rings (SSSR count). The summed E-state index contributed by atoms with van der Waals surface area (Å²) in [4.78, 5) is 2.35. The van der Waals surface area contributed by atoms with E-state index in [2.05, 4.69) is 28.5 Å². The average Bonchev–Trinajstić information content (AvgIpc) is 3.12. The summed E-state index contributed by atoms with van der Waals surface area (Å²) in [6, 6.07) is 13.9. The van der Waals surface area contributed by atoms with Gasteiger partial charge in [-0.05, 0) is 49.0 Å². The maximum atomic E-state index is 6.60. The monoisotopic (exact) mass is 401 g/mol. The number of halogens is 2. The van der Waals surface area contributed by atoms with Gasteiger partial charge in [0.25, 0.3) is 0 Å². The lowest BCUT2D eigenvalue weighted by atomic mass is 9.93. The van der Waals surface area contributed by atoms with Crippen LogP contribution in [0.25, 0.3) is 5.70 Å². The molecule has 2 aromatic carbocycles. The molecule has 0 radical (unpaired) electrons. The van der Waals surface area contributed by atoms with Crippen molar-refractivity contribution in [1.29, 1.82) is 0 Å². The van der Waals surface area contributed by atoms with Crippen molar-refractivity contribution < 1.29 is 4.74 Å². The lowest BCUT2D eigenvalue weighted by molar-refractivity contribution is -0.157. The smallest absolute Gasteiger partial charge is 0.182 e. The Balaban J connectivity index is 1.58. The summed E-state index contributed by atoms with van der Waals surface area (Å²) < 4.78 is 6.60. The van der Waals surface area contributed by atoms with E-state index in [1.54, 1.807) is 0 Å². The second-order valence-electron chi connectivity index (χ2n) is 7.55. The predicted molar refractivity (Wildman–Crippen MR) is 109 cm³/mol. The van der Waals surface area contributed by atoms with Crippen molar-refractivity contribution in [3.63, 3.8) is 0 Å². The van der Waals surface area contributed by atoms with Crippen LogP contribution in [0.4, 0.5) is 0 Å². The number of hydrogen-bond acceptors (Lipinski definition) is 4. The Morgan fingerprint density at radius 2 is 1.74 bits per heavy atom. The molecule has 1 spiro atoms. The van der Waals surface area contributed by atoms with Crippen LogP contribution in [0.15, 0.2) is 48.5 Å². The number of piperidine rings is 1. The molecule has 140 valence electrons. The number of hydrogen-bond donors (Lipinski definition) is 1. The molecule has 2 aromatic rings. The van der Waals surface area contributed by atoms with Gasteiger partial charge >= 0.3 is 0 Å². The molecular formula is C21H21Cl2N3O. The minimum absolute atomic E-state index is 0.0848. The zero-order valence-corrected chi connectivity index (χ0v) is 16.6. The van der Waals surface area contributed by atoms with Crippen molar-refractivity contribution in [2.45, 2.75) is 24.6 Å². The van der Waals surface area contributed by atoms with Crippen LogP contribution in [0.2, 0.25) is 10.0 Å². The molecule has 3 aliphatic rings. The van der Waals surface area contributed by atoms with E-state index in [0.717, 1.165) is 58.5 Å². The fourth-order valence-electron chi connectivity index (χ4n) is 4.25. The van der Waals surface area contributed by atoms with Crippen molar-refractivity contribution >= 4 is 28.9 Å². The highest BCUT2D eigenvalue weighted by molar-refractivity contribution is 6.31. The summed E-state index contributed by atoms with van der Waals surface area (Å²) in [7, 11) is 2.16. The molecule has 1 N–H and O–H groups in total. The minimum atomic E-state index is -0.358. The van der Waals surface area contributed by atoms with Gasteiger partial charge in [0.1, 0.15) is 5.75 Å². The summed E-state index contributed by atoms with van der Waals surface area (Å²) in [6.45, 7) is 2.01. The van der Waals surface area contributed by atoms with Crippen LogP contribution in [0.3, 0.4) is 0 Å².